The fraction of sp³-hybridized carbons (Fsp3) is 0.500. The number of piperidine rings is 1. The smallest absolute Gasteiger partial charge is 0.229 e. The van der Waals surface area contributed by atoms with E-state index < -0.39 is 0 Å². The molecule has 0 aliphatic carbocycles. The molecule has 2 aromatic rings. The van der Waals surface area contributed by atoms with E-state index in [1.165, 1.54) is 4.70 Å². The second-order valence-corrected chi connectivity index (χ2v) is 7.19. The molecule has 0 radical (unpaired) electrons. The van der Waals surface area contributed by atoms with Crippen LogP contribution in [0.15, 0.2) is 24.3 Å². The standard InChI is InChI=1S/C16H21N3OS.2ClH/c1-16(8-5-9-17-11-16)15(20)19(2)10-14-18-12-6-3-4-7-13(12)21-14;;/h3-4,6-7,17H,5,8-11H2,1-2H3;2*1H. The second-order valence-electron chi connectivity index (χ2n) is 6.08. The van der Waals surface area contributed by atoms with Gasteiger partial charge in [0.1, 0.15) is 5.01 Å². The number of amides is 1. The quantitative estimate of drug-likeness (QED) is 0.892. The molecule has 1 aromatic carbocycles. The summed E-state index contributed by atoms with van der Waals surface area (Å²) >= 11 is 1.67. The van der Waals surface area contributed by atoms with Gasteiger partial charge in [-0.2, -0.15) is 0 Å². The second kappa shape index (κ2) is 8.29. The maximum Gasteiger partial charge on any atom is 0.229 e. The minimum atomic E-state index is -0.274. The number of para-hydroxylation sites is 1. The lowest BCUT2D eigenvalue weighted by molar-refractivity contribution is -0.141. The van der Waals surface area contributed by atoms with Crippen LogP contribution in [0.5, 0.6) is 0 Å². The lowest BCUT2D eigenvalue weighted by Gasteiger charge is -2.35. The van der Waals surface area contributed by atoms with Crippen LogP contribution in [0.1, 0.15) is 24.8 Å². The Kier molecular flexibility index (Phi) is 7.27. The molecule has 1 fully saturated rings. The molecule has 1 amide bonds. The normalized spacial score (nSPS) is 20.4. The van der Waals surface area contributed by atoms with E-state index in [1.807, 2.05) is 30.1 Å². The zero-order valence-electron chi connectivity index (χ0n) is 13.4. The number of fused-ring (bicyclic) bond motifs is 1. The highest BCUT2D eigenvalue weighted by atomic mass is 35.5. The molecule has 2 heterocycles. The molecule has 1 aromatic heterocycles. The number of benzene rings is 1. The third kappa shape index (κ3) is 4.35. The van der Waals surface area contributed by atoms with E-state index in [-0.39, 0.29) is 36.1 Å². The molecular formula is C16H23Cl2N3OS. The molecule has 0 bridgehead atoms. The van der Waals surface area contributed by atoms with Gasteiger partial charge in [-0.15, -0.1) is 36.2 Å². The third-order valence-electron chi connectivity index (χ3n) is 4.17. The van der Waals surface area contributed by atoms with Crippen LogP contribution < -0.4 is 5.32 Å². The molecule has 1 unspecified atom stereocenters. The summed E-state index contributed by atoms with van der Waals surface area (Å²) in [4.78, 5) is 19.1. The minimum absolute atomic E-state index is 0. The van der Waals surface area contributed by atoms with Crippen molar-refractivity contribution >= 4 is 52.3 Å². The van der Waals surface area contributed by atoms with Crippen molar-refractivity contribution in [2.24, 2.45) is 5.41 Å². The Hall–Kier alpha value is -0.880. The summed E-state index contributed by atoms with van der Waals surface area (Å²) in [6.45, 7) is 4.45. The number of hydrogen-bond donors (Lipinski definition) is 1. The van der Waals surface area contributed by atoms with Gasteiger partial charge in [0, 0.05) is 13.6 Å². The number of rotatable bonds is 3. The third-order valence-corrected chi connectivity index (χ3v) is 5.19. The zero-order chi connectivity index (χ0) is 14.9. The molecule has 7 heteroatoms. The number of nitrogens with one attached hydrogen (secondary N) is 1. The number of carbonyl (C=O) groups excluding carboxylic acids is 1. The summed E-state index contributed by atoms with van der Waals surface area (Å²) in [5.41, 5.74) is 0.743. The molecule has 0 spiro atoms. The van der Waals surface area contributed by atoms with Crippen molar-refractivity contribution in [2.45, 2.75) is 26.3 Å². The summed E-state index contributed by atoms with van der Waals surface area (Å²) in [5.74, 6) is 0.217. The van der Waals surface area contributed by atoms with Crippen LogP contribution in [0.3, 0.4) is 0 Å². The van der Waals surface area contributed by atoms with E-state index in [1.54, 1.807) is 11.3 Å². The maximum atomic E-state index is 12.7. The van der Waals surface area contributed by atoms with Crippen LogP contribution in [0.4, 0.5) is 0 Å². The molecule has 1 aliphatic heterocycles. The molecule has 1 N–H and O–H groups in total. The zero-order valence-corrected chi connectivity index (χ0v) is 15.8. The number of carbonyl (C=O) groups is 1. The first-order chi connectivity index (χ1) is 10.1. The summed E-state index contributed by atoms with van der Waals surface area (Å²) in [6, 6.07) is 8.11. The monoisotopic (exact) mass is 375 g/mol. The summed E-state index contributed by atoms with van der Waals surface area (Å²) < 4.78 is 1.18. The van der Waals surface area contributed by atoms with Gasteiger partial charge in [-0.1, -0.05) is 12.1 Å². The van der Waals surface area contributed by atoms with E-state index in [2.05, 4.69) is 23.3 Å². The van der Waals surface area contributed by atoms with Crippen LogP contribution in [-0.2, 0) is 11.3 Å². The highest BCUT2D eigenvalue weighted by Crippen LogP contribution is 2.29. The summed E-state index contributed by atoms with van der Waals surface area (Å²) in [5, 5.41) is 4.34. The van der Waals surface area contributed by atoms with Crippen LogP contribution in [0, 0.1) is 5.41 Å². The maximum absolute atomic E-state index is 12.7. The fourth-order valence-corrected chi connectivity index (χ4v) is 3.98. The first-order valence-electron chi connectivity index (χ1n) is 7.39. The molecule has 4 nitrogen and oxygen atoms in total. The highest BCUT2D eigenvalue weighted by molar-refractivity contribution is 7.18. The van der Waals surface area contributed by atoms with Crippen molar-refractivity contribution in [3.05, 3.63) is 29.3 Å². The molecule has 3 rings (SSSR count). The predicted octanol–water partition coefficient (Wildman–Crippen LogP) is 3.49. The highest BCUT2D eigenvalue weighted by Gasteiger charge is 2.36. The molecule has 1 atom stereocenters. The van der Waals surface area contributed by atoms with E-state index in [0.29, 0.717) is 6.54 Å². The van der Waals surface area contributed by atoms with Gasteiger partial charge in [0.05, 0.1) is 22.2 Å². The Labute approximate surface area is 153 Å². The van der Waals surface area contributed by atoms with Crippen LogP contribution in [-0.4, -0.2) is 35.9 Å². The largest absolute Gasteiger partial charge is 0.338 e. The number of aromatic nitrogens is 1. The van der Waals surface area contributed by atoms with Crippen LogP contribution in [0.2, 0.25) is 0 Å². The number of halogens is 2. The first kappa shape index (κ1) is 20.2. The van der Waals surface area contributed by atoms with E-state index in [9.17, 15) is 4.79 Å². The Morgan fingerprint density at radius 1 is 1.39 bits per heavy atom. The number of thiazole rings is 1. The first-order valence-corrected chi connectivity index (χ1v) is 8.21. The molecule has 1 aliphatic rings. The number of nitrogens with zero attached hydrogens (tertiary/aromatic N) is 2. The minimum Gasteiger partial charge on any atom is -0.338 e. The Bertz CT molecular complexity index is 623. The van der Waals surface area contributed by atoms with Crippen molar-refractivity contribution in [3.8, 4) is 0 Å². The average Bonchev–Trinajstić information content (AvgIpc) is 2.89. The van der Waals surface area contributed by atoms with Gasteiger partial charge in [0.2, 0.25) is 5.91 Å². The van der Waals surface area contributed by atoms with E-state index in [4.69, 9.17) is 0 Å². The molecule has 1 saturated heterocycles. The topological polar surface area (TPSA) is 45.2 Å². The molecule has 128 valence electrons. The lowest BCUT2D eigenvalue weighted by Crippen LogP contribution is -2.48. The van der Waals surface area contributed by atoms with Gasteiger partial charge in [-0.25, -0.2) is 4.98 Å². The molecule has 0 saturated carbocycles. The van der Waals surface area contributed by atoms with Crippen molar-refractivity contribution < 1.29 is 4.79 Å². The lowest BCUT2D eigenvalue weighted by atomic mass is 9.81. The molecule has 23 heavy (non-hydrogen) atoms. The number of hydrogen-bond acceptors (Lipinski definition) is 4. The van der Waals surface area contributed by atoms with Crippen molar-refractivity contribution in [2.75, 3.05) is 20.1 Å². The molecular weight excluding hydrogens is 353 g/mol. The summed E-state index contributed by atoms with van der Waals surface area (Å²) in [7, 11) is 1.88. The van der Waals surface area contributed by atoms with Gasteiger partial charge in [-0.3, -0.25) is 4.79 Å². The van der Waals surface area contributed by atoms with Crippen molar-refractivity contribution in [3.63, 3.8) is 0 Å². The van der Waals surface area contributed by atoms with Crippen molar-refractivity contribution in [1.82, 2.24) is 15.2 Å². The van der Waals surface area contributed by atoms with Gasteiger partial charge >= 0.3 is 0 Å². The SMILES string of the molecule is CN(Cc1nc2ccccc2s1)C(=O)C1(C)CCCNC1.Cl.Cl. The fourth-order valence-electron chi connectivity index (χ4n) is 2.96. The Balaban J connectivity index is 0.00000132. The Morgan fingerprint density at radius 2 is 2.13 bits per heavy atom. The average molecular weight is 376 g/mol. The van der Waals surface area contributed by atoms with Crippen molar-refractivity contribution in [1.29, 1.82) is 0 Å². The Morgan fingerprint density at radius 3 is 2.78 bits per heavy atom. The summed E-state index contributed by atoms with van der Waals surface area (Å²) in [6.07, 6.45) is 2.03. The predicted molar refractivity (Wildman–Crippen MR) is 101 cm³/mol. The van der Waals surface area contributed by atoms with Gasteiger partial charge in [0.25, 0.3) is 0 Å². The van der Waals surface area contributed by atoms with Crippen LogP contribution in [0.25, 0.3) is 10.2 Å². The van der Waals surface area contributed by atoms with Crippen LogP contribution >= 0.6 is 36.2 Å². The van der Waals surface area contributed by atoms with Gasteiger partial charge in [0.15, 0.2) is 0 Å². The van der Waals surface area contributed by atoms with E-state index in [0.717, 1.165) is 36.5 Å². The van der Waals surface area contributed by atoms with Gasteiger partial charge < -0.3 is 10.2 Å². The van der Waals surface area contributed by atoms with Gasteiger partial charge in [-0.05, 0) is 38.4 Å². The van der Waals surface area contributed by atoms with E-state index >= 15 is 0 Å².